The molecule has 0 atom stereocenters. The molecular weight excluding hydrogens is 310 g/mol. The van der Waals surface area contributed by atoms with E-state index >= 15 is 0 Å². The highest BCUT2D eigenvalue weighted by atomic mass is 16.1. The lowest BCUT2D eigenvalue weighted by Crippen LogP contribution is -2.23. The molecule has 0 aliphatic heterocycles. The second kappa shape index (κ2) is 8.29. The molecule has 2 aromatic carbocycles. The zero-order valence-electron chi connectivity index (χ0n) is 14.5. The lowest BCUT2D eigenvalue weighted by Gasteiger charge is -2.08. The Hall–Kier alpha value is -2.88. The van der Waals surface area contributed by atoms with E-state index in [0.29, 0.717) is 13.0 Å². The standard InChI is InChI=1S/C21H23N3O/c1-17-5-7-18(8-6-17)9-10-21(25)23-14-19-3-2-4-20(13-19)15-24-12-11-22-16-24/h2-8,11-13,16H,9-10,14-15H2,1H3,(H,23,25). The lowest BCUT2D eigenvalue weighted by molar-refractivity contribution is -0.121. The van der Waals surface area contributed by atoms with Crippen molar-refractivity contribution in [1.29, 1.82) is 0 Å². The number of benzene rings is 2. The molecule has 0 saturated carbocycles. The molecule has 128 valence electrons. The van der Waals surface area contributed by atoms with Crippen LogP contribution < -0.4 is 5.32 Å². The van der Waals surface area contributed by atoms with E-state index in [9.17, 15) is 4.79 Å². The third kappa shape index (κ3) is 5.31. The molecule has 0 bridgehead atoms. The first-order valence-corrected chi connectivity index (χ1v) is 8.55. The van der Waals surface area contributed by atoms with Gasteiger partial charge in [-0.1, -0.05) is 54.1 Å². The number of carbonyl (C=O) groups is 1. The summed E-state index contributed by atoms with van der Waals surface area (Å²) in [5, 5.41) is 3.01. The highest BCUT2D eigenvalue weighted by Crippen LogP contribution is 2.08. The van der Waals surface area contributed by atoms with E-state index in [-0.39, 0.29) is 5.91 Å². The quantitative estimate of drug-likeness (QED) is 0.719. The van der Waals surface area contributed by atoms with Gasteiger partial charge in [0.15, 0.2) is 0 Å². The number of aromatic nitrogens is 2. The molecule has 4 nitrogen and oxygen atoms in total. The van der Waals surface area contributed by atoms with Gasteiger partial charge in [0.1, 0.15) is 0 Å². The van der Waals surface area contributed by atoms with Gasteiger partial charge in [-0.05, 0) is 30.0 Å². The molecule has 0 spiro atoms. The van der Waals surface area contributed by atoms with E-state index in [0.717, 1.165) is 18.5 Å². The van der Waals surface area contributed by atoms with Crippen LogP contribution in [0.2, 0.25) is 0 Å². The topological polar surface area (TPSA) is 46.9 Å². The van der Waals surface area contributed by atoms with Crippen LogP contribution in [0.3, 0.4) is 0 Å². The fourth-order valence-corrected chi connectivity index (χ4v) is 2.73. The Morgan fingerprint density at radius 1 is 1.08 bits per heavy atom. The van der Waals surface area contributed by atoms with Crippen LogP contribution in [-0.4, -0.2) is 15.5 Å². The van der Waals surface area contributed by atoms with Crippen molar-refractivity contribution in [2.45, 2.75) is 32.9 Å². The zero-order chi connectivity index (χ0) is 17.5. The smallest absolute Gasteiger partial charge is 0.220 e. The largest absolute Gasteiger partial charge is 0.352 e. The van der Waals surface area contributed by atoms with Crippen molar-refractivity contribution in [3.63, 3.8) is 0 Å². The highest BCUT2D eigenvalue weighted by Gasteiger charge is 2.03. The summed E-state index contributed by atoms with van der Waals surface area (Å²) >= 11 is 0. The molecule has 0 saturated heterocycles. The Kier molecular flexibility index (Phi) is 5.62. The number of amides is 1. The van der Waals surface area contributed by atoms with Crippen molar-refractivity contribution >= 4 is 5.91 Å². The minimum absolute atomic E-state index is 0.0839. The number of hydrogen-bond acceptors (Lipinski definition) is 2. The number of imidazole rings is 1. The minimum atomic E-state index is 0.0839. The van der Waals surface area contributed by atoms with Crippen molar-refractivity contribution in [2.75, 3.05) is 0 Å². The first kappa shape index (κ1) is 17.0. The third-order valence-corrected chi connectivity index (χ3v) is 4.17. The van der Waals surface area contributed by atoms with Gasteiger partial charge in [0.25, 0.3) is 0 Å². The minimum Gasteiger partial charge on any atom is -0.352 e. The van der Waals surface area contributed by atoms with Crippen LogP contribution in [0.15, 0.2) is 67.3 Å². The van der Waals surface area contributed by atoms with Crippen molar-refractivity contribution in [1.82, 2.24) is 14.9 Å². The predicted molar refractivity (Wildman–Crippen MR) is 99.1 cm³/mol. The Labute approximate surface area is 148 Å². The first-order valence-electron chi connectivity index (χ1n) is 8.55. The summed E-state index contributed by atoms with van der Waals surface area (Å²) in [7, 11) is 0. The van der Waals surface area contributed by atoms with Crippen LogP contribution in [0.4, 0.5) is 0 Å². The molecule has 0 radical (unpaired) electrons. The van der Waals surface area contributed by atoms with Gasteiger partial charge in [0, 0.05) is 31.9 Å². The van der Waals surface area contributed by atoms with Crippen LogP contribution >= 0.6 is 0 Å². The summed E-state index contributed by atoms with van der Waals surface area (Å²) in [6, 6.07) is 16.6. The second-order valence-electron chi connectivity index (χ2n) is 6.32. The lowest BCUT2D eigenvalue weighted by atomic mass is 10.1. The van der Waals surface area contributed by atoms with E-state index in [1.807, 2.05) is 22.9 Å². The second-order valence-corrected chi connectivity index (χ2v) is 6.32. The molecule has 1 amide bonds. The van der Waals surface area contributed by atoms with Gasteiger partial charge in [-0.2, -0.15) is 0 Å². The van der Waals surface area contributed by atoms with Gasteiger partial charge >= 0.3 is 0 Å². The fraction of sp³-hybridized carbons (Fsp3) is 0.238. The summed E-state index contributed by atoms with van der Waals surface area (Å²) in [4.78, 5) is 16.1. The molecule has 1 heterocycles. The SMILES string of the molecule is Cc1ccc(CCC(=O)NCc2cccc(Cn3ccnc3)c2)cc1. The van der Waals surface area contributed by atoms with Gasteiger partial charge < -0.3 is 9.88 Å². The van der Waals surface area contributed by atoms with E-state index < -0.39 is 0 Å². The van der Waals surface area contributed by atoms with E-state index in [1.165, 1.54) is 16.7 Å². The molecule has 1 N–H and O–H groups in total. The van der Waals surface area contributed by atoms with Gasteiger partial charge in [-0.25, -0.2) is 4.98 Å². The molecule has 1 aromatic heterocycles. The van der Waals surface area contributed by atoms with Crippen molar-refractivity contribution < 1.29 is 4.79 Å². The highest BCUT2D eigenvalue weighted by molar-refractivity contribution is 5.76. The molecular formula is C21H23N3O. The molecule has 3 rings (SSSR count). The maximum atomic E-state index is 12.1. The van der Waals surface area contributed by atoms with E-state index in [2.05, 4.69) is 53.6 Å². The van der Waals surface area contributed by atoms with Crippen LogP contribution in [0.25, 0.3) is 0 Å². The van der Waals surface area contributed by atoms with E-state index in [4.69, 9.17) is 0 Å². The van der Waals surface area contributed by atoms with Crippen molar-refractivity contribution in [3.8, 4) is 0 Å². The molecule has 3 aromatic rings. The molecule has 4 heteroatoms. The average molecular weight is 333 g/mol. The number of hydrogen-bond donors (Lipinski definition) is 1. The number of aryl methyl sites for hydroxylation is 2. The first-order chi connectivity index (χ1) is 12.2. The van der Waals surface area contributed by atoms with Crippen LogP contribution in [0.5, 0.6) is 0 Å². The molecule has 0 unspecified atom stereocenters. The number of nitrogens with zero attached hydrogens (tertiary/aromatic N) is 2. The Morgan fingerprint density at radius 2 is 1.88 bits per heavy atom. The van der Waals surface area contributed by atoms with Gasteiger partial charge in [-0.15, -0.1) is 0 Å². The predicted octanol–water partition coefficient (Wildman–Crippen LogP) is 3.49. The zero-order valence-corrected chi connectivity index (χ0v) is 14.5. The van der Waals surface area contributed by atoms with Gasteiger partial charge in [-0.3, -0.25) is 4.79 Å². The van der Waals surface area contributed by atoms with Crippen LogP contribution in [-0.2, 0) is 24.3 Å². The Bertz CT molecular complexity index is 807. The van der Waals surface area contributed by atoms with Crippen LogP contribution in [0.1, 0.15) is 28.7 Å². The summed E-state index contributed by atoms with van der Waals surface area (Å²) in [5.41, 5.74) is 4.75. The average Bonchev–Trinajstić information content (AvgIpc) is 3.13. The maximum Gasteiger partial charge on any atom is 0.220 e. The number of nitrogens with one attached hydrogen (secondary N) is 1. The summed E-state index contributed by atoms with van der Waals surface area (Å²) in [6.45, 7) is 3.41. The normalized spacial score (nSPS) is 10.6. The Balaban J connectivity index is 1.47. The summed E-state index contributed by atoms with van der Waals surface area (Å²) < 4.78 is 2.03. The number of rotatable bonds is 7. The van der Waals surface area contributed by atoms with Gasteiger partial charge in [0.05, 0.1) is 6.33 Å². The maximum absolute atomic E-state index is 12.1. The van der Waals surface area contributed by atoms with Gasteiger partial charge in [0.2, 0.25) is 5.91 Å². The molecule has 0 fully saturated rings. The summed E-state index contributed by atoms with van der Waals surface area (Å²) in [6.07, 6.45) is 6.81. The number of carbonyl (C=O) groups excluding carboxylic acids is 1. The molecule has 0 aliphatic rings. The third-order valence-electron chi connectivity index (χ3n) is 4.17. The molecule has 0 aliphatic carbocycles. The molecule has 25 heavy (non-hydrogen) atoms. The van der Waals surface area contributed by atoms with Crippen molar-refractivity contribution in [3.05, 3.63) is 89.5 Å². The fourth-order valence-electron chi connectivity index (χ4n) is 2.73. The van der Waals surface area contributed by atoms with Crippen molar-refractivity contribution in [2.24, 2.45) is 0 Å². The Morgan fingerprint density at radius 3 is 2.64 bits per heavy atom. The van der Waals surface area contributed by atoms with Crippen LogP contribution in [0, 0.1) is 6.92 Å². The van der Waals surface area contributed by atoms with E-state index in [1.54, 1.807) is 12.5 Å². The monoisotopic (exact) mass is 333 g/mol. The summed E-state index contributed by atoms with van der Waals surface area (Å²) in [5.74, 6) is 0.0839.